The van der Waals surface area contributed by atoms with Gasteiger partial charge in [-0.2, -0.15) is 5.10 Å². The summed E-state index contributed by atoms with van der Waals surface area (Å²) in [7, 11) is 2.00. The van der Waals surface area contributed by atoms with E-state index in [9.17, 15) is 0 Å². The SMILES string of the molecule is CNCC(c1ccc(-c2cccnc2)cc1)c1ccc(-c2cn[nH]c2)cc1.[HH].[HH]. The second kappa shape index (κ2) is 7.98. The van der Waals surface area contributed by atoms with Crippen molar-refractivity contribution in [1.29, 1.82) is 0 Å². The molecular weight excluding hydrogens is 332 g/mol. The molecule has 2 heterocycles. The largest absolute Gasteiger partial charge is 0.319 e. The second-order valence-corrected chi connectivity index (χ2v) is 6.58. The average molecular weight is 358 g/mol. The van der Waals surface area contributed by atoms with Crippen LogP contribution in [-0.4, -0.2) is 28.8 Å². The van der Waals surface area contributed by atoms with Crippen LogP contribution in [-0.2, 0) is 0 Å². The van der Waals surface area contributed by atoms with Crippen LogP contribution in [0.25, 0.3) is 22.3 Å². The van der Waals surface area contributed by atoms with Crippen LogP contribution in [0.3, 0.4) is 0 Å². The van der Waals surface area contributed by atoms with Gasteiger partial charge >= 0.3 is 0 Å². The fourth-order valence-corrected chi connectivity index (χ4v) is 3.39. The van der Waals surface area contributed by atoms with Gasteiger partial charge in [-0.05, 0) is 40.9 Å². The van der Waals surface area contributed by atoms with Gasteiger partial charge in [0.2, 0.25) is 0 Å². The van der Waals surface area contributed by atoms with E-state index in [2.05, 4.69) is 75.1 Å². The maximum Gasteiger partial charge on any atom is 0.0565 e. The molecule has 27 heavy (non-hydrogen) atoms. The third-order valence-corrected chi connectivity index (χ3v) is 4.86. The molecule has 1 atom stereocenters. The minimum atomic E-state index is 0. The lowest BCUT2D eigenvalue weighted by atomic mass is 9.89. The molecule has 0 aliphatic heterocycles. The summed E-state index contributed by atoms with van der Waals surface area (Å²) in [4.78, 5) is 4.21. The van der Waals surface area contributed by atoms with Crippen LogP contribution >= 0.6 is 0 Å². The number of aromatic nitrogens is 3. The van der Waals surface area contributed by atoms with Gasteiger partial charge in [0.1, 0.15) is 0 Å². The molecule has 0 spiro atoms. The first-order chi connectivity index (χ1) is 13.3. The number of H-pyrrole nitrogens is 1. The molecule has 4 rings (SSSR count). The first kappa shape index (κ1) is 17.2. The molecule has 138 valence electrons. The zero-order valence-corrected chi connectivity index (χ0v) is 15.3. The van der Waals surface area contributed by atoms with Gasteiger partial charge in [-0.1, -0.05) is 54.6 Å². The van der Waals surface area contributed by atoms with Crippen molar-refractivity contribution in [2.45, 2.75) is 5.92 Å². The van der Waals surface area contributed by atoms with Crippen molar-refractivity contribution >= 4 is 0 Å². The molecule has 0 bridgehead atoms. The Labute approximate surface area is 162 Å². The summed E-state index contributed by atoms with van der Waals surface area (Å²) in [6, 6.07) is 21.6. The van der Waals surface area contributed by atoms with Crippen LogP contribution in [0, 0.1) is 0 Å². The van der Waals surface area contributed by atoms with E-state index in [-0.39, 0.29) is 2.85 Å². The third-order valence-electron chi connectivity index (χ3n) is 4.86. The molecule has 2 aromatic carbocycles. The predicted octanol–water partition coefficient (Wildman–Crippen LogP) is 4.98. The van der Waals surface area contributed by atoms with Gasteiger partial charge < -0.3 is 5.32 Å². The maximum atomic E-state index is 4.21. The molecule has 0 radical (unpaired) electrons. The molecule has 1 unspecified atom stereocenters. The summed E-state index contributed by atoms with van der Waals surface area (Å²) < 4.78 is 0. The smallest absolute Gasteiger partial charge is 0.0565 e. The molecule has 4 aromatic rings. The van der Waals surface area contributed by atoms with Crippen LogP contribution in [0.15, 0.2) is 85.5 Å². The highest BCUT2D eigenvalue weighted by molar-refractivity contribution is 5.64. The number of likely N-dealkylation sites (N-methyl/N-ethyl adjacent to an activating group) is 1. The number of hydrogen-bond donors (Lipinski definition) is 2. The van der Waals surface area contributed by atoms with Gasteiger partial charge in [0.15, 0.2) is 0 Å². The minimum absolute atomic E-state index is 0. The highest BCUT2D eigenvalue weighted by Gasteiger charge is 2.14. The Hall–Kier alpha value is -3.24. The van der Waals surface area contributed by atoms with Gasteiger partial charge in [0, 0.05) is 39.5 Å². The third kappa shape index (κ3) is 3.81. The number of rotatable bonds is 6. The van der Waals surface area contributed by atoms with Gasteiger partial charge in [-0.3, -0.25) is 10.1 Å². The van der Waals surface area contributed by atoms with E-state index in [4.69, 9.17) is 0 Å². The van der Waals surface area contributed by atoms with Gasteiger partial charge in [0.25, 0.3) is 0 Å². The molecular formula is C23H26N4. The minimum Gasteiger partial charge on any atom is -0.319 e. The predicted molar refractivity (Wildman–Crippen MR) is 114 cm³/mol. The Kier molecular flexibility index (Phi) is 5.08. The first-order valence-electron chi connectivity index (χ1n) is 9.09. The van der Waals surface area contributed by atoms with Crippen LogP contribution in [0.1, 0.15) is 19.9 Å². The van der Waals surface area contributed by atoms with Crippen molar-refractivity contribution in [2.24, 2.45) is 0 Å². The lowest BCUT2D eigenvalue weighted by molar-refractivity contribution is 0.708. The Balaban J connectivity index is 0.00000150. The fraction of sp³-hybridized carbons (Fsp3) is 0.130. The van der Waals surface area contributed by atoms with E-state index in [1.54, 1.807) is 6.20 Å². The van der Waals surface area contributed by atoms with Gasteiger partial charge in [-0.25, -0.2) is 0 Å². The normalized spacial score (nSPS) is 12.0. The monoisotopic (exact) mass is 358 g/mol. The quantitative estimate of drug-likeness (QED) is 0.511. The summed E-state index contributed by atoms with van der Waals surface area (Å²) in [5.41, 5.74) is 7.19. The molecule has 0 fully saturated rings. The molecule has 0 amide bonds. The number of nitrogens with zero attached hydrogens (tertiary/aromatic N) is 2. The molecule has 2 N–H and O–H groups in total. The lowest BCUT2D eigenvalue weighted by Gasteiger charge is -2.18. The number of benzene rings is 2. The van der Waals surface area contributed by atoms with E-state index in [1.165, 1.54) is 22.3 Å². The zero-order valence-electron chi connectivity index (χ0n) is 15.3. The molecule has 0 saturated carbocycles. The Morgan fingerprint density at radius 1 is 0.852 bits per heavy atom. The Morgan fingerprint density at radius 2 is 1.52 bits per heavy atom. The van der Waals surface area contributed by atoms with E-state index < -0.39 is 0 Å². The zero-order chi connectivity index (χ0) is 18.5. The van der Waals surface area contributed by atoms with Crippen LogP contribution < -0.4 is 5.32 Å². The van der Waals surface area contributed by atoms with Gasteiger partial charge in [0.05, 0.1) is 6.20 Å². The summed E-state index contributed by atoms with van der Waals surface area (Å²) in [5.74, 6) is 0.302. The number of aromatic amines is 1. The topological polar surface area (TPSA) is 53.6 Å². The number of pyridine rings is 1. The summed E-state index contributed by atoms with van der Waals surface area (Å²) in [6.07, 6.45) is 7.46. The van der Waals surface area contributed by atoms with E-state index in [1.807, 2.05) is 31.7 Å². The molecule has 0 aliphatic rings. The number of hydrogen-bond acceptors (Lipinski definition) is 3. The van der Waals surface area contributed by atoms with Crippen molar-refractivity contribution in [1.82, 2.24) is 20.5 Å². The van der Waals surface area contributed by atoms with E-state index >= 15 is 0 Å². The van der Waals surface area contributed by atoms with E-state index in [0.29, 0.717) is 5.92 Å². The van der Waals surface area contributed by atoms with Crippen molar-refractivity contribution < 1.29 is 2.85 Å². The molecule has 4 nitrogen and oxygen atoms in total. The van der Waals surface area contributed by atoms with Crippen LogP contribution in [0.4, 0.5) is 0 Å². The van der Waals surface area contributed by atoms with Crippen LogP contribution in [0.2, 0.25) is 0 Å². The second-order valence-electron chi connectivity index (χ2n) is 6.58. The Morgan fingerprint density at radius 3 is 2.04 bits per heavy atom. The molecule has 2 aromatic heterocycles. The van der Waals surface area contributed by atoms with Gasteiger partial charge in [-0.15, -0.1) is 0 Å². The standard InChI is InChI=1S/C23H22N4.2H2/c1-24-16-23(20-10-6-18(7-11-20)22-14-26-27-15-22)19-8-4-17(5-9-19)21-3-2-12-25-13-21;;/h2-15,23-24H,16H2,1H3,(H,26,27);2*1H. The Bertz CT molecular complexity index is 970. The summed E-state index contributed by atoms with van der Waals surface area (Å²) >= 11 is 0. The van der Waals surface area contributed by atoms with Crippen molar-refractivity contribution in [2.75, 3.05) is 13.6 Å². The lowest BCUT2D eigenvalue weighted by Crippen LogP contribution is -2.18. The molecule has 4 heteroatoms. The average Bonchev–Trinajstić information content (AvgIpc) is 3.28. The maximum absolute atomic E-state index is 4.21. The fourth-order valence-electron chi connectivity index (χ4n) is 3.39. The van der Waals surface area contributed by atoms with Crippen molar-refractivity contribution in [3.05, 3.63) is 96.6 Å². The first-order valence-corrected chi connectivity index (χ1v) is 9.09. The summed E-state index contributed by atoms with van der Waals surface area (Å²) in [5, 5.41) is 10.2. The van der Waals surface area contributed by atoms with Crippen molar-refractivity contribution in [3.8, 4) is 22.3 Å². The summed E-state index contributed by atoms with van der Waals surface area (Å²) in [6.45, 7) is 0.886. The van der Waals surface area contributed by atoms with E-state index in [0.717, 1.165) is 17.7 Å². The highest BCUT2D eigenvalue weighted by atomic mass is 15.1. The molecule has 0 aliphatic carbocycles. The number of nitrogens with one attached hydrogen (secondary N) is 2. The van der Waals surface area contributed by atoms with Crippen molar-refractivity contribution in [3.63, 3.8) is 0 Å². The molecule has 0 saturated heterocycles. The van der Waals surface area contributed by atoms with Crippen LogP contribution in [0.5, 0.6) is 0 Å². The highest BCUT2D eigenvalue weighted by Crippen LogP contribution is 2.28.